The lowest BCUT2D eigenvalue weighted by Crippen LogP contribution is -2.51. The third-order valence-electron chi connectivity index (χ3n) is 6.50. The molecule has 1 atom stereocenters. The molecule has 4 rings (SSSR count). The lowest BCUT2D eigenvalue weighted by atomic mass is 10.0. The Bertz CT molecular complexity index is 647. The molecule has 0 bridgehead atoms. The Morgan fingerprint density at radius 2 is 1.61 bits per heavy atom. The summed E-state index contributed by atoms with van der Waals surface area (Å²) in [6.45, 7) is 1.09. The summed E-state index contributed by atoms with van der Waals surface area (Å²) in [6, 6.07) is 5.15. The van der Waals surface area contributed by atoms with Crippen LogP contribution in [0.2, 0.25) is 0 Å². The van der Waals surface area contributed by atoms with Gasteiger partial charge < -0.3 is 9.51 Å². The summed E-state index contributed by atoms with van der Waals surface area (Å²) >= 11 is 0. The number of hydrogen-bond acceptors (Lipinski definition) is 5. The van der Waals surface area contributed by atoms with E-state index in [-0.39, 0.29) is 6.04 Å². The van der Waals surface area contributed by atoms with Crippen LogP contribution in [0.5, 0.6) is 0 Å². The molecule has 1 N–H and O–H groups in total. The van der Waals surface area contributed by atoms with Crippen molar-refractivity contribution in [2.24, 2.45) is 0 Å². The maximum atomic E-state index is 5.20. The molecule has 6 nitrogen and oxygen atoms in total. The molecule has 0 amide bonds. The third-order valence-corrected chi connectivity index (χ3v) is 6.50. The Morgan fingerprint density at radius 3 is 2.29 bits per heavy atom. The highest BCUT2D eigenvalue weighted by atomic mass is 16.5. The summed E-state index contributed by atoms with van der Waals surface area (Å²) in [4.78, 5) is 3.48. The molecule has 2 aromatic heterocycles. The minimum Gasteiger partial charge on any atom is -0.363 e. The molecule has 28 heavy (non-hydrogen) atoms. The second-order valence-electron chi connectivity index (χ2n) is 8.47. The summed E-state index contributed by atoms with van der Waals surface area (Å²) in [7, 11) is 0. The third kappa shape index (κ3) is 4.77. The summed E-state index contributed by atoms with van der Waals surface area (Å²) in [5.41, 5.74) is 1.26. The van der Waals surface area contributed by atoms with Crippen molar-refractivity contribution in [1.29, 1.82) is 0 Å². The Hall–Kier alpha value is -1.82. The Labute approximate surface area is 168 Å². The first-order chi connectivity index (χ1) is 13.9. The van der Waals surface area contributed by atoms with Gasteiger partial charge in [0.25, 0.3) is 0 Å². The highest BCUT2D eigenvalue weighted by Crippen LogP contribution is 2.35. The molecule has 0 spiro atoms. The number of nitrogens with zero attached hydrogens (tertiary/aromatic N) is 4. The van der Waals surface area contributed by atoms with Gasteiger partial charge in [0.2, 0.25) is 5.82 Å². The van der Waals surface area contributed by atoms with Gasteiger partial charge in [-0.3, -0.25) is 5.01 Å². The van der Waals surface area contributed by atoms with E-state index < -0.39 is 0 Å². The van der Waals surface area contributed by atoms with Crippen LogP contribution < -0.4 is 5.01 Å². The molecule has 1 saturated carbocycles. The van der Waals surface area contributed by atoms with Gasteiger partial charge in [0, 0.05) is 29.7 Å². The highest BCUT2D eigenvalue weighted by Gasteiger charge is 2.33. The fourth-order valence-corrected chi connectivity index (χ4v) is 5.03. The van der Waals surface area contributed by atoms with Crippen molar-refractivity contribution in [3.8, 4) is 0 Å². The zero-order valence-corrected chi connectivity index (χ0v) is 17.1. The topological polar surface area (TPSA) is 61.2 Å². The number of hydrogen-bond donors (Lipinski definition) is 1. The molecule has 0 aromatic carbocycles. The maximum Gasteiger partial charge on any atom is 0.207 e. The second kappa shape index (κ2) is 10.1. The molecule has 1 aliphatic heterocycles. The predicted molar refractivity (Wildman–Crippen MR) is 111 cm³/mol. The van der Waals surface area contributed by atoms with Gasteiger partial charge in [0.1, 0.15) is 0 Å². The molecule has 0 radical (unpaired) electrons. The number of hydrazine groups is 1. The van der Waals surface area contributed by atoms with Crippen LogP contribution in [0.25, 0.3) is 0 Å². The van der Waals surface area contributed by atoms with Crippen molar-refractivity contribution in [1.82, 2.24) is 20.4 Å². The van der Waals surface area contributed by atoms with Crippen LogP contribution in [0.1, 0.15) is 95.2 Å². The zero-order chi connectivity index (χ0) is 19.0. The lowest BCUT2D eigenvalue weighted by Gasteiger charge is -2.44. The maximum absolute atomic E-state index is 5.20. The molecule has 2 aliphatic rings. The van der Waals surface area contributed by atoms with E-state index in [9.17, 15) is 0 Å². The van der Waals surface area contributed by atoms with Crippen LogP contribution in [-0.4, -0.2) is 32.9 Å². The quantitative estimate of drug-likeness (QED) is 0.742. The van der Waals surface area contributed by atoms with Crippen molar-refractivity contribution in [2.75, 3.05) is 11.6 Å². The van der Waals surface area contributed by atoms with E-state index in [1.54, 1.807) is 6.26 Å². The summed E-state index contributed by atoms with van der Waals surface area (Å²) in [5.74, 6) is 0.848. The van der Waals surface area contributed by atoms with E-state index in [1.165, 1.54) is 82.7 Å². The Balaban J connectivity index is 1.68. The van der Waals surface area contributed by atoms with Crippen molar-refractivity contribution in [3.63, 3.8) is 0 Å². The number of rotatable bonds is 3. The molecule has 3 heterocycles. The van der Waals surface area contributed by atoms with Gasteiger partial charge in [0.05, 0.1) is 6.04 Å². The van der Waals surface area contributed by atoms with Gasteiger partial charge in [-0.1, -0.05) is 62.9 Å². The zero-order valence-electron chi connectivity index (χ0n) is 17.1. The first-order valence-corrected chi connectivity index (χ1v) is 11.4. The molecule has 154 valence electrons. The fourth-order valence-electron chi connectivity index (χ4n) is 5.03. The van der Waals surface area contributed by atoms with Gasteiger partial charge in [0.15, 0.2) is 6.26 Å². The minimum absolute atomic E-state index is 0.257. The van der Waals surface area contributed by atoms with Crippen molar-refractivity contribution < 1.29 is 4.52 Å². The van der Waals surface area contributed by atoms with Crippen molar-refractivity contribution in [3.05, 3.63) is 30.3 Å². The fraction of sp³-hybridized carbons (Fsp3) is 0.727. The van der Waals surface area contributed by atoms with E-state index in [0.717, 1.165) is 18.8 Å². The van der Waals surface area contributed by atoms with Crippen LogP contribution in [0.3, 0.4) is 0 Å². The Morgan fingerprint density at radius 1 is 0.893 bits per heavy atom. The van der Waals surface area contributed by atoms with E-state index in [0.29, 0.717) is 6.04 Å². The molecule has 1 saturated heterocycles. The highest BCUT2D eigenvalue weighted by molar-refractivity contribution is 5.36. The van der Waals surface area contributed by atoms with Gasteiger partial charge in [-0.15, -0.1) is 0 Å². The van der Waals surface area contributed by atoms with Crippen molar-refractivity contribution in [2.45, 2.75) is 95.6 Å². The molecular weight excluding hydrogens is 350 g/mol. The SMILES string of the molecule is c1c[nH]c(C2CCCCCCN(C3CCCCCCCC3)N2c2conn2)c1. The summed E-state index contributed by atoms with van der Waals surface area (Å²) in [5, 5.41) is 13.2. The molecule has 2 aromatic rings. The summed E-state index contributed by atoms with van der Waals surface area (Å²) < 4.78 is 5.20. The van der Waals surface area contributed by atoms with Crippen LogP contribution in [-0.2, 0) is 0 Å². The second-order valence-corrected chi connectivity index (χ2v) is 8.47. The number of anilines is 1. The summed E-state index contributed by atoms with van der Waals surface area (Å²) in [6.07, 6.45) is 20.7. The van der Waals surface area contributed by atoms with Gasteiger partial charge in [-0.05, 0) is 37.8 Å². The van der Waals surface area contributed by atoms with E-state index in [1.807, 2.05) is 6.20 Å². The first kappa shape index (κ1) is 19.5. The van der Waals surface area contributed by atoms with E-state index >= 15 is 0 Å². The number of aromatic nitrogens is 3. The molecule has 1 unspecified atom stereocenters. The van der Waals surface area contributed by atoms with E-state index in [4.69, 9.17) is 4.52 Å². The minimum atomic E-state index is 0.257. The number of H-pyrrole nitrogens is 1. The molecule has 6 heteroatoms. The lowest BCUT2D eigenvalue weighted by molar-refractivity contribution is 0.134. The Kier molecular flexibility index (Phi) is 7.03. The average molecular weight is 386 g/mol. The normalized spacial score (nSPS) is 24.6. The van der Waals surface area contributed by atoms with Crippen LogP contribution in [0.4, 0.5) is 5.82 Å². The standard InChI is InChI=1S/C22H35N5O/c1-2-4-8-13-19(12-7-3-1)26-17-10-6-5-9-15-21(20-14-11-16-23-20)27(26)22-18-28-25-24-22/h11,14,16,18-19,21,23H,1-10,12-13,15,17H2. The largest absolute Gasteiger partial charge is 0.363 e. The molecule has 2 fully saturated rings. The van der Waals surface area contributed by atoms with E-state index in [2.05, 4.69) is 37.5 Å². The van der Waals surface area contributed by atoms with Crippen LogP contribution in [0, 0.1) is 0 Å². The number of aromatic amines is 1. The van der Waals surface area contributed by atoms with Crippen LogP contribution in [0.15, 0.2) is 29.1 Å². The molecule has 1 aliphatic carbocycles. The van der Waals surface area contributed by atoms with Gasteiger partial charge >= 0.3 is 0 Å². The van der Waals surface area contributed by atoms with Crippen LogP contribution >= 0.6 is 0 Å². The molecular formula is C22H35N5O. The average Bonchev–Trinajstić information content (AvgIpc) is 3.43. The van der Waals surface area contributed by atoms with Gasteiger partial charge in [-0.25, -0.2) is 5.01 Å². The van der Waals surface area contributed by atoms with Gasteiger partial charge in [-0.2, -0.15) is 0 Å². The smallest absolute Gasteiger partial charge is 0.207 e. The monoisotopic (exact) mass is 385 g/mol. The van der Waals surface area contributed by atoms with Crippen molar-refractivity contribution >= 4 is 5.82 Å². The first-order valence-electron chi connectivity index (χ1n) is 11.4. The predicted octanol–water partition coefficient (Wildman–Crippen LogP) is 5.63. The number of nitrogens with one attached hydrogen (secondary N) is 1.